The fourth-order valence-electron chi connectivity index (χ4n) is 7.01. The van der Waals surface area contributed by atoms with Gasteiger partial charge in [-0.2, -0.15) is 0 Å². The first kappa shape index (κ1) is 28.0. The third-order valence-electron chi connectivity index (χ3n) is 7.90. The number of fused-ring (bicyclic) bond motifs is 1. The normalized spacial score (nSPS) is 30.0. The third kappa shape index (κ3) is 5.29. The highest BCUT2D eigenvalue weighted by molar-refractivity contribution is 8.02. The van der Waals surface area contributed by atoms with E-state index in [9.17, 15) is 19.5 Å². The Morgan fingerprint density at radius 2 is 1.86 bits per heavy atom. The molecule has 2 amide bonds. The van der Waals surface area contributed by atoms with Gasteiger partial charge in [-0.05, 0) is 51.4 Å². The molecule has 0 aromatic carbocycles. The number of hydrogen-bond acceptors (Lipinski definition) is 5. The molecule has 3 saturated heterocycles. The minimum atomic E-state index is -0.922. The molecule has 3 fully saturated rings. The third-order valence-corrected chi connectivity index (χ3v) is 9.85. The van der Waals surface area contributed by atoms with Crippen molar-refractivity contribution in [2.45, 2.75) is 101 Å². The Kier molecular flexibility index (Phi) is 8.37. The van der Waals surface area contributed by atoms with Gasteiger partial charge in [-0.1, -0.05) is 39.7 Å². The van der Waals surface area contributed by atoms with Gasteiger partial charge >= 0.3 is 5.97 Å². The maximum absolute atomic E-state index is 14.5. The van der Waals surface area contributed by atoms with Crippen molar-refractivity contribution in [1.82, 2.24) is 9.80 Å². The summed E-state index contributed by atoms with van der Waals surface area (Å²) >= 11 is 1.59. The minimum Gasteiger partial charge on any atom is -0.481 e. The molecule has 3 rings (SSSR count). The molecule has 5 atom stereocenters. The van der Waals surface area contributed by atoms with Crippen molar-refractivity contribution in [3.05, 3.63) is 12.7 Å². The second-order valence-corrected chi connectivity index (χ2v) is 14.0. The van der Waals surface area contributed by atoms with Crippen molar-refractivity contribution in [2.75, 3.05) is 19.7 Å². The summed E-state index contributed by atoms with van der Waals surface area (Å²) in [5.74, 6) is -2.54. The van der Waals surface area contributed by atoms with Gasteiger partial charge in [0.1, 0.15) is 6.04 Å². The molecule has 1 spiro atoms. The van der Waals surface area contributed by atoms with E-state index < -0.39 is 34.1 Å². The van der Waals surface area contributed by atoms with Crippen molar-refractivity contribution >= 4 is 29.5 Å². The molecule has 0 saturated carbocycles. The lowest BCUT2D eigenvalue weighted by molar-refractivity contribution is -0.149. The van der Waals surface area contributed by atoms with Crippen LogP contribution in [0.4, 0.5) is 0 Å². The zero-order valence-corrected chi connectivity index (χ0v) is 22.9. The molecule has 198 valence electrons. The molecule has 3 aliphatic heterocycles. The van der Waals surface area contributed by atoms with Gasteiger partial charge in [0.05, 0.1) is 16.6 Å². The lowest BCUT2D eigenvalue weighted by atomic mass is 9.71. The predicted molar refractivity (Wildman–Crippen MR) is 139 cm³/mol. The number of unbranched alkanes of at least 4 members (excludes halogenated alkanes) is 3. The van der Waals surface area contributed by atoms with Crippen molar-refractivity contribution < 1.29 is 24.6 Å². The van der Waals surface area contributed by atoms with Gasteiger partial charge in [-0.25, -0.2) is 0 Å². The van der Waals surface area contributed by atoms with Crippen LogP contribution >= 0.6 is 11.8 Å². The quantitative estimate of drug-likeness (QED) is 0.306. The van der Waals surface area contributed by atoms with Gasteiger partial charge < -0.3 is 20.0 Å². The van der Waals surface area contributed by atoms with E-state index in [1.165, 1.54) is 0 Å². The summed E-state index contributed by atoms with van der Waals surface area (Å²) in [4.78, 5) is 44.1. The number of amides is 2. The van der Waals surface area contributed by atoms with E-state index in [2.05, 4.69) is 41.2 Å². The van der Waals surface area contributed by atoms with Gasteiger partial charge in [-0.3, -0.25) is 14.4 Å². The number of likely N-dealkylation sites (tertiary alicyclic amines) is 1. The molecule has 0 aromatic rings. The Balaban J connectivity index is 1.98. The van der Waals surface area contributed by atoms with Crippen LogP contribution in [0, 0.1) is 17.3 Å². The molecule has 3 heterocycles. The van der Waals surface area contributed by atoms with Crippen molar-refractivity contribution in [1.29, 1.82) is 0 Å². The van der Waals surface area contributed by atoms with Crippen LogP contribution in [0.5, 0.6) is 0 Å². The average molecular weight is 509 g/mol. The van der Waals surface area contributed by atoms with Gasteiger partial charge in [0.25, 0.3) is 0 Å². The second kappa shape index (κ2) is 10.4. The van der Waals surface area contributed by atoms with Crippen LogP contribution in [-0.2, 0) is 14.4 Å². The van der Waals surface area contributed by atoms with Gasteiger partial charge in [0.2, 0.25) is 11.8 Å². The fraction of sp³-hybridized carbons (Fsp3) is 0.815. The standard InChI is InChI=1S/C27H44N2O5S/c1-7-14-29(26(5,6)17-25(2,3)4)23(32)21-27-13-12-18(35-27)19(24(33)34)20(27)22(31)28(21)15-10-8-9-11-16-30/h7,18-21,30H,1,8-17H2,2-6H3,(H,33,34)/t18-,19+,20+,21?,27?/m1/s1. The predicted octanol–water partition coefficient (Wildman–Crippen LogP) is 3.94. The lowest BCUT2D eigenvalue weighted by Gasteiger charge is -2.46. The van der Waals surface area contributed by atoms with Crippen LogP contribution in [0.15, 0.2) is 12.7 Å². The van der Waals surface area contributed by atoms with E-state index in [0.29, 0.717) is 19.5 Å². The molecule has 0 aliphatic carbocycles. The summed E-state index contributed by atoms with van der Waals surface area (Å²) < 4.78 is -0.676. The summed E-state index contributed by atoms with van der Waals surface area (Å²) in [6, 6.07) is -0.656. The fourth-order valence-corrected chi connectivity index (χ4v) is 9.21. The van der Waals surface area contributed by atoms with Crippen LogP contribution in [0.25, 0.3) is 0 Å². The Hall–Kier alpha value is -1.54. The summed E-state index contributed by atoms with van der Waals surface area (Å²) in [6.07, 6.45) is 7.12. The highest BCUT2D eigenvalue weighted by Gasteiger charge is 2.74. The molecule has 35 heavy (non-hydrogen) atoms. The zero-order chi connectivity index (χ0) is 26.2. The first-order chi connectivity index (χ1) is 16.3. The number of thioether (sulfide) groups is 1. The SMILES string of the molecule is C=CCN(C(=O)C1N(CCCCCCO)C(=O)[C@@H]2[C@@H](C(=O)O)[C@H]3CCC12S3)C(C)(C)CC(C)(C)C. The number of aliphatic carboxylic acids is 1. The summed E-state index contributed by atoms with van der Waals surface area (Å²) in [5, 5.41) is 19.0. The summed E-state index contributed by atoms with van der Waals surface area (Å²) in [5.41, 5.74) is -0.460. The molecule has 2 bridgehead atoms. The monoisotopic (exact) mass is 508 g/mol. The topological polar surface area (TPSA) is 98.2 Å². The van der Waals surface area contributed by atoms with Crippen molar-refractivity contribution in [2.24, 2.45) is 17.3 Å². The van der Waals surface area contributed by atoms with E-state index in [0.717, 1.165) is 38.5 Å². The number of carboxylic acids is 1. The van der Waals surface area contributed by atoms with Crippen LogP contribution in [0.1, 0.15) is 79.6 Å². The number of rotatable bonds is 12. The highest BCUT2D eigenvalue weighted by atomic mass is 32.2. The molecular weight excluding hydrogens is 464 g/mol. The Labute approximate surface area is 214 Å². The van der Waals surface area contributed by atoms with E-state index in [1.807, 2.05) is 4.90 Å². The van der Waals surface area contributed by atoms with Crippen molar-refractivity contribution in [3.63, 3.8) is 0 Å². The summed E-state index contributed by atoms with van der Waals surface area (Å²) in [6.45, 7) is 15.5. The first-order valence-corrected chi connectivity index (χ1v) is 13.9. The number of carbonyl (C=O) groups is 3. The molecule has 8 heteroatoms. The number of aliphatic hydroxyl groups excluding tert-OH is 1. The zero-order valence-electron chi connectivity index (χ0n) is 22.1. The first-order valence-electron chi connectivity index (χ1n) is 13.0. The Morgan fingerprint density at radius 1 is 1.20 bits per heavy atom. The largest absolute Gasteiger partial charge is 0.481 e. The number of nitrogens with zero attached hydrogens (tertiary/aromatic N) is 2. The maximum atomic E-state index is 14.5. The number of carboxylic acid groups (broad SMARTS) is 1. The Bertz CT molecular complexity index is 838. The molecule has 0 aromatic heterocycles. The van der Waals surface area contributed by atoms with Crippen LogP contribution in [0.2, 0.25) is 0 Å². The molecular formula is C27H44N2O5S. The van der Waals surface area contributed by atoms with E-state index >= 15 is 0 Å². The van der Waals surface area contributed by atoms with Crippen LogP contribution in [0.3, 0.4) is 0 Å². The van der Waals surface area contributed by atoms with Crippen LogP contribution < -0.4 is 0 Å². The average Bonchev–Trinajstić information content (AvgIpc) is 3.37. The van der Waals surface area contributed by atoms with Crippen molar-refractivity contribution in [3.8, 4) is 0 Å². The maximum Gasteiger partial charge on any atom is 0.308 e. The second-order valence-electron chi connectivity index (χ2n) is 12.4. The number of carbonyl (C=O) groups excluding carboxylic acids is 2. The van der Waals surface area contributed by atoms with Gasteiger partial charge in [0.15, 0.2) is 0 Å². The molecule has 2 unspecified atom stereocenters. The molecule has 7 nitrogen and oxygen atoms in total. The van der Waals surface area contributed by atoms with Gasteiger partial charge in [0, 0.05) is 30.5 Å². The highest BCUT2D eigenvalue weighted by Crippen LogP contribution is 2.66. The lowest BCUT2D eigenvalue weighted by Crippen LogP contribution is -2.60. The van der Waals surface area contributed by atoms with Crippen LogP contribution in [-0.4, -0.2) is 79.1 Å². The van der Waals surface area contributed by atoms with E-state index in [4.69, 9.17) is 5.11 Å². The molecule has 0 radical (unpaired) electrons. The van der Waals surface area contributed by atoms with E-state index in [1.54, 1.807) is 22.7 Å². The molecule has 2 N–H and O–H groups in total. The molecule has 3 aliphatic rings. The Morgan fingerprint density at radius 3 is 2.43 bits per heavy atom. The van der Waals surface area contributed by atoms with Gasteiger partial charge in [-0.15, -0.1) is 18.3 Å². The smallest absolute Gasteiger partial charge is 0.308 e. The number of hydrogen-bond donors (Lipinski definition) is 2. The minimum absolute atomic E-state index is 0.00310. The van der Waals surface area contributed by atoms with E-state index in [-0.39, 0.29) is 29.1 Å². The summed E-state index contributed by atoms with van der Waals surface area (Å²) in [7, 11) is 0. The number of aliphatic hydroxyl groups is 1.